The minimum absolute atomic E-state index is 0.132. The summed E-state index contributed by atoms with van der Waals surface area (Å²) in [5, 5.41) is 27.4. The predicted molar refractivity (Wildman–Crippen MR) is 92.5 cm³/mol. The van der Waals surface area contributed by atoms with Crippen molar-refractivity contribution in [2.75, 3.05) is 5.32 Å². The lowest BCUT2D eigenvalue weighted by atomic mass is 9.96. The summed E-state index contributed by atoms with van der Waals surface area (Å²) in [5.74, 6) is -0.455. The van der Waals surface area contributed by atoms with Crippen molar-refractivity contribution in [1.29, 1.82) is 5.26 Å². The van der Waals surface area contributed by atoms with Gasteiger partial charge in [-0.25, -0.2) is 0 Å². The first-order chi connectivity index (χ1) is 12.0. The van der Waals surface area contributed by atoms with E-state index in [9.17, 15) is 20.2 Å². The van der Waals surface area contributed by atoms with Crippen LogP contribution in [0.1, 0.15) is 41.0 Å². The Hall–Kier alpha value is -2.73. The molecule has 1 amide bonds. The van der Waals surface area contributed by atoms with Crippen LogP contribution < -0.4 is 5.32 Å². The average molecular weight is 359 g/mol. The number of rotatable bonds is 5. The first-order valence-electron chi connectivity index (χ1n) is 8.03. The third kappa shape index (κ3) is 3.53. The molecule has 0 spiro atoms. The Morgan fingerprint density at radius 1 is 1.52 bits per heavy atom. The molecule has 0 aromatic carbocycles. The van der Waals surface area contributed by atoms with Gasteiger partial charge in [0.25, 0.3) is 0 Å². The topological polar surface area (TPSA) is 114 Å². The van der Waals surface area contributed by atoms with Crippen LogP contribution in [0.2, 0.25) is 0 Å². The van der Waals surface area contributed by atoms with Crippen molar-refractivity contribution < 1.29 is 9.72 Å². The quantitative estimate of drug-likeness (QED) is 0.651. The van der Waals surface area contributed by atoms with E-state index in [1.807, 2.05) is 0 Å². The van der Waals surface area contributed by atoms with Gasteiger partial charge in [0.05, 0.1) is 29.0 Å². The number of fused-ring (bicyclic) bond motifs is 1. The standard InChI is InChI=1S/C16H17N5O3S/c1-10-8-14(21(23)24)19-20(10)7-6-15(22)18-16-12(9-17)11-4-2-3-5-13(11)25-16/h8H,2-7H2,1H3,(H,18,22). The summed E-state index contributed by atoms with van der Waals surface area (Å²) >= 11 is 1.48. The summed E-state index contributed by atoms with van der Waals surface area (Å²) in [6.07, 6.45) is 4.17. The van der Waals surface area contributed by atoms with E-state index in [4.69, 9.17) is 0 Å². The number of hydrogen-bond donors (Lipinski definition) is 1. The molecule has 1 aliphatic carbocycles. The number of nitrogens with zero attached hydrogens (tertiary/aromatic N) is 4. The first kappa shape index (κ1) is 17.1. The number of nitriles is 1. The average Bonchev–Trinajstić information content (AvgIpc) is 3.12. The van der Waals surface area contributed by atoms with E-state index in [0.29, 0.717) is 16.3 Å². The lowest BCUT2D eigenvalue weighted by Gasteiger charge is -2.09. The van der Waals surface area contributed by atoms with Crippen molar-refractivity contribution in [3.05, 3.63) is 37.9 Å². The molecule has 0 saturated carbocycles. The molecule has 2 aromatic heterocycles. The van der Waals surface area contributed by atoms with Gasteiger partial charge < -0.3 is 15.4 Å². The van der Waals surface area contributed by atoms with Crippen molar-refractivity contribution >= 4 is 28.1 Å². The predicted octanol–water partition coefficient (Wildman–Crippen LogP) is 2.94. The zero-order valence-corrected chi connectivity index (χ0v) is 14.6. The summed E-state index contributed by atoms with van der Waals surface area (Å²) in [4.78, 5) is 23.6. The Morgan fingerprint density at radius 3 is 2.96 bits per heavy atom. The smallest absolute Gasteiger partial charge is 0.358 e. The van der Waals surface area contributed by atoms with Gasteiger partial charge in [-0.15, -0.1) is 11.3 Å². The molecule has 3 rings (SSSR count). The van der Waals surface area contributed by atoms with E-state index in [0.717, 1.165) is 31.2 Å². The third-order valence-electron chi connectivity index (χ3n) is 4.24. The van der Waals surface area contributed by atoms with Crippen LogP contribution in [-0.4, -0.2) is 20.6 Å². The maximum atomic E-state index is 12.2. The second kappa shape index (κ2) is 7.03. The summed E-state index contributed by atoms with van der Waals surface area (Å²) in [7, 11) is 0. The molecule has 1 N–H and O–H groups in total. The molecular weight excluding hydrogens is 342 g/mol. The highest BCUT2D eigenvalue weighted by Crippen LogP contribution is 2.37. The zero-order chi connectivity index (χ0) is 18.0. The van der Waals surface area contributed by atoms with Gasteiger partial charge in [0.1, 0.15) is 11.1 Å². The molecule has 0 atom stereocenters. The molecule has 2 aromatic rings. The maximum absolute atomic E-state index is 12.2. The number of carbonyl (C=O) groups excluding carboxylic acids is 1. The second-order valence-corrected chi connectivity index (χ2v) is 7.05. The summed E-state index contributed by atoms with van der Waals surface area (Å²) in [5.41, 5.74) is 2.29. The van der Waals surface area contributed by atoms with E-state index in [1.54, 1.807) is 6.92 Å². The molecule has 0 aliphatic heterocycles. The van der Waals surface area contributed by atoms with Crippen LogP contribution in [-0.2, 0) is 24.2 Å². The normalized spacial score (nSPS) is 13.1. The number of carbonyl (C=O) groups is 1. The van der Waals surface area contributed by atoms with Crippen LogP contribution in [0.3, 0.4) is 0 Å². The first-order valence-corrected chi connectivity index (χ1v) is 8.84. The molecule has 25 heavy (non-hydrogen) atoms. The van der Waals surface area contributed by atoms with E-state index < -0.39 is 4.92 Å². The Labute approximate surface area is 148 Å². The molecule has 9 heteroatoms. The molecule has 2 heterocycles. The van der Waals surface area contributed by atoms with Gasteiger partial charge in [-0.2, -0.15) is 9.94 Å². The van der Waals surface area contributed by atoms with Crippen LogP contribution in [0.15, 0.2) is 6.07 Å². The SMILES string of the molecule is Cc1cc([N+](=O)[O-])nn1CCC(=O)Nc1sc2c(c1C#N)CCCC2. The molecule has 8 nitrogen and oxygen atoms in total. The van der Waals surface area contributed by atoms with Gasteiger partial charge in [-0.05, 0) is 43.1 Å². The highest BCUT2D eigenvalue weighted by Gasteiger charge is 2.22. The number of aromatic nitrogens is 2. The van der Waals surface area contributed by atoms with Crippen LogP contribution in [0.5, 0.6) is 0 Å². The minimum Gasteiger partial charge on any atom is -0.358 e. The highest BCUT2D eigenvalue weighted by molar-refractivity contribution is 7.16. The molecular formula is C16H17N5O3S. The number of nitro groups is 1. The highest BCUT2D eigenvalue weighted by atomic mass is 32.1. The zero-order valence-electron chi connectivity index (χ0n) is 13.7. The van der Waals surface area contributed by atoms with Crippen LogP contribution in [0, 0.1) is 28.4 Å². The van der Waals surface area contributed by atoms with Crippen LogP contribution >= 0.6 is 11.3 Å². The monoisotopic (exact) mass is 359 g/mol. The number of aryl methyl sites for hydroxylation is 3. The largest absolute Gasteiger partial charge is 0.390 e. The van der Waals surface area contributed by atoms with Crippen LogP contribution in [0.25, 0.3) is 0 Å². The lowest BCUT2D eigenvalue weighted by Crippen LogP contribution is -2.15. The van der Waals surface area contributed by atoms with E-state index in [2.05, 4.69) is 16.5 Å². The number of nitrogens with one attached hydrogen (secondary N) is 1. The van der Waals surface area contributed by atoms with Crippen molar-refractivity contribution in [2.24, 2.45) is 0 Å². The van der Waals surface area contributed by atoms with Gasteiger partial charge in [-0.1, -0.05) is 0 Å². The van der Waals surface area contributed by atoms with Gasteiger partial charge in [0, 0.05) is 11.3 Å². The van der Waals surface area contributed by atoms with Crippen LogP contribution in [0.4, 0.5) is 10.8 Å². The van der Waals surface area contributed by atoms with E-state index in [-0.39, 0.29) is 24.7 Å². The fourth-order valence-corrected chi connectivity index (χ4v) is 4.23. The molecule has 0 saturated heterocycles. The van der Waals surface area contributed by atoms with Gasteiger partial charge in [0.15, 0.2) is 0 Å². The lowest BCUT2D eigenvalue weighted by molar-refractivity contribution is -0.389. The Morgan fingerprint density at radius 2 is 2.28 bits per heavy atom. The molecule has 130 valence electrons. The van der Waals surface area contributed by atoms with Crippen molar-refractivity contribution in [3.8, 4) is 6.07 Å². The minimum atomic E-state index is -0.557. The van der Waals surface area contributed by atoms with Crippen molar-refractivity contribution in [1.82, 2.24) is 9.78 Å². The molecule has 0 bridgehead atoms. The van der Waals surface area contributed by atoms with Gasteiger partial charge >= 0.3 is 5.82 Å². The second-order valence-electron chi connectivity index (χ2n) is 5.95. The summed E-state index contributed by atoms with van der Waals surface area (Å²) in [6, 6.07) is 3.58. The van der Waals surface area contributed by atoms with E-state index >= 15 is 0 Å². The maximum Gasteiger partial charge on any atom is 0.390 e. The number of hydrogen-bond acceptors (Lipinski definition) is 6. The number of anilines is 1. The fraction of sp³-hybridized carbons (Fsp3) is 0.438. The summed E-state index contributed by atoms with van der Waals surface area (Å²) in [6.45, 7) is 1.96. The number of amides is 1. The Bertz CT molecular complexity index is 877. The molecule has 1 aliphatic rings. The number of thiophene rings is 1. The Kier molecular flexibility index (Phi) is 4.81. The van der Waals surface area contributed by atoms with Gasteiger partial charge in [0.2, 0.25) is 5.91 Å². The van der Waals surface area contributed by atoms with Gasteiger partial charge in [-0.3, -0.25) is 4.79 Å². The van der Waals surface area contributed by atoms with E-state index in [1.165, 1.54) is 27.0 Å². The Balaban J connectivity index is 1.66. The molecule has 0 unspecified atom stereocenters. The van der Waals surface area contributed by atoms with Crippen molar-refractivity contribution in [3.63, 3.8) is 0 Å². The molecule has 0 fully saturated rings. The van der Waals surface area contributed by atoms with Crippen molar-refractivity contribution in [2.45, 2.75) is 45.6 Å². The third-order valence-corrected chi connectivity index (χ3v) is 5.45. The molecule has 0 radical (unpaired) electrons. The fourth-order valence-electron chi connectivity index (χ4n) is 2.98. The summed E-state index contributed by atoms with van der Waals surface area (Å²) < 4.78 is 1.45.